The third kappa shape index (κ3) is 4.72. The average molecular weight is 478 g/mol. The lowest BCUT2D eigenvalue weighted by molar-refractivity contribution is -0.114. The number of nitrogens with zero attached hydrogens (tertiary/aromatic N) is 1. The van der Waals surface area contributed by atoms with E-state index in [0.717, 1.165) is 30.3 Å². The highest BCUT2D eigenvalue weighted by Gasteiger charge is 2.29. The number of amides is 1. The van der Waals surface area contributed by atoms with Gasteiger partial charge in [0.2, 0.25) is 5.91 Å². The fourth-order valence-electron chi connectivity index (χ4n) is 3.16. The van der Waals surface area contributed by atoms with Crippen molar-refractivity contribution in [2.24, 2.45) is 0 Å². The molecule has 172 valence electrons. The van der Waals surface area contributed by atoms with E-state index >= 15 is 0 Å². The zero-order chi connectivity index (χ0) is 23.6. The maximum atomic E-state index is 13.9. The number of sulfonamides is 1. The summed E-state index contributed by atoms with van der Waals surface area (Å²) < 4.78 is 79.7. The molecule has 4 rings (SSSR count). The third-order valence-corrected chi connectivity index (χ3v) is 6.50. The van der Waals surface area contributed by atoms with Gasteiger partial charge >= 0.3 is 0 Å². The monoisotopic (exact) mass is 478 g/mol. The van der Waals surface area contributed by atoms with Crippen LogP contribution in [0.5, 0.6) is 11.5 Å². The first-order valence-corrected chi connectivity index (χ1v) is 11.1. The number of ether oxygens (including phenoxy) is 2. The SMILES string of the molecule is O=C(CN(c1ccc(F)cc1)S(=O)(=O)c1ccc2c(c1)OCCO2)Nc1c(F)cccc1F. The number of hydrogen-bond donors (Lipinski definition) is 1. The molecule has 0 radical (unpaired) electrons. The number of halogens is 3. The molecule has 1 aliphatic rings. The second-order valence-electron chi connectivity index (χ2n) is 6.94. The average Bonchev–Trinajstić information content (AvgIpc) is 2.80. The molecule has 0 fully saturated rings. The molecule has 0 saturated heterocycles. The molecule has 3 aromatic rings. The summed E-state index contributed by atoms with van der Waals surface area (Å²) in [6, 6.07) is 11.3. The van der Waals surface area contributed by atoms with Gasteiger partial charge in [-0.15, -0.1) is 0 Å². The number of carbonyl (C=O) groups is 1. The van der Waals surface area contributed by atoms with Crippen LogP contribution in [-0.4, -0.2) is 34.1 Å². The van der Waals surface area contributed by atoms with Crippen LogP contribution < -0.4 is 19.1 Å². The Kier molecular flexibility index (Phi) is 6.14. The number of anilines is 2. The Morgan fingerprint density at radius 3 is 2.21 bits per heavy atom. The normalized spacial score (nSPS) is 12.8. The largest absolute Gasteiger partial charge is 0.486 e. The second kappa shape index (κ2) is 9.02. The highest BCUT2D eigenvalue weighted by molar-refractivity contribution is 7.92. The molecular formula is C22H17F3N2O5S. The quantitative estimate of drug-likeness (QED) is 0.584. The van der Waals surface area contributed by atoms with Crippen molar-refractivity contribution < 1.29 is 35.9 Å². The molecule has 1 N–H and O–H groups in total. The maximum absolute atomic E-state index is 13.9. The van der Waals surface area contributed by atoms with Crippen LogP contribution in [0, 0.1) is 17.5 Å². The summed E-state index contributed by atoms with van der Waals surface area (Å²) in [6.07, 6.45) is 0. The number of hydrogen-bond acceptors (Lipinski definition) is 5. The van der Waals surface area contributed by atoms with Crippen molar-refractivity contribution in [1.29, 1.82) is 0 Å². The van der Waals surface area contributed by atoms with Gasteiger partial charge in [0.05, 0.1) is 10.6 Å². The van der Waals surface area contributed by atoms with Gasteiger partial charge in [-0.05, 0) is 48.5 Å². The van der Waals surface area contributed by atoms with Crippen molar-refractivity contribution in [3.05, 3.63) is 78.1 Å². The van der Waals surface area contributed by atoms with E-state index in [-0.39, 0.29) is 22.9 Å². The van der Waals surface area contributed by atoms with Crippen molar-refractivity contribution in [3.63, 3.8) is 0 Å². The molecule has 0 bridgehead atoms. The van der Waals surface area contributed by atoms with Gasteiger partial charge in [-0.3, -0.25) is 9.10 Å². The summed E-state index contributed by atoms with van der Waals surface area (Å²) >= 11 is 0. The minimum Gasteiger partial charge on any atom is -0.486 e. The number of rotatable bonds is 6. The van der Waals surface area contributed by atoms with Gasteiger partial charge in [-0.25, -0.2) is 21.6 Å². The lowest BCUT2D eigenvalue weighted by Crippen LogP contribution is -2.38. The Balaban J connectivity index is 1.69. The Bertz CT molecular complexity index is 1280. The minimum atomic E-state index is -4.38. The van der Waals surface area contributed by atoms with Crippen LogP contribution >= 0.6 is 0 Å². The summed E-state index contributed by atoms with van der Waals surface area (Å²) in [5, 5.41) is 2.05. The van der Waals surface area contributed by atoms with Crippen molar-refractivity contribution >= 4 is 27.3 Å². The van der Waals surface area contributed by atoms with Gasteiger partial charge in [-0.2, -0.15) is 0 Å². The number of nitrogens with one attached hydrogen (secondary N) is 1. The molecule has 0 aliphatic carbocycles. The van der Waals surface area contributed by atoms with Gasteiger partial charge in [0.25, 0.3) is 10.0 Å². The molecule has 11 heteroatoms. The van der Waals surface area contributed by atoms with Crippen LogP contribution in [0.2, 0.25) is 0 Å². The van der Waals surface area contributed by atoms with E-state index in [1.54, 1.807) is 0 Å². The van der Waals surface area contributed by atoms with Crippen LogP contribution in [0.1, 0.15) is 0 Å². The first-order valence-electron chi connectivity index (χ1n) is 9.67. The fourth-order valence-corrected chi connectivity index (χ4v) is 4.60. The number of benzene rings is 3. The lowest BCUT2D eigenvalue weighted by atomic mass is 10.3. The molecule has 33 heavy (non-hydrogen) atoms. The van der Waals surface area contributed by atoms with E-state index in [1.165, 1.54) is 30.3 Å². The topological polar surface area (TPSA) is 84.9 Å². The molecule has 1 heterocycles. The highest BCUT2D eigenvalue weighted by Crippen LogP contribution is 2.34. The predicted molar refractivity (Wildman–Crippen MR) is 113 cm³/mol. The highest BCUT2D eigenvalue weighted by atomic mass is 32.2. The minimum absolute atomic E-state index is 0.0320. The molecule has 0 saturated carbocycles. The zero-order valence-electron chi connectivity index (χ0n) is 16.9. The number of para-hydroxylation sites is 1. The maximum Gasteiger partial charge on any atom is 0.264 e. The van der Waals surface area contributed by atoms with E-state index in [1.807, 2.05) is 5.32 Å². The molecule has 0 atom stereocenters. The summed E-state index contributed by atoms with van der Waals surface area (Å²) in [7, 11) is -4.38. The standard InChI is InChI=1S/C22H17F3N2O5S/c23-14-4-6-15(7-5-14)27(13-21(28)26-22-17(24)2-1-3-18(22)25)33(29,30)16-8-9-19-20(12-16)32-11-10-31-19/h1-9,12H,10-11,13H2,(H,26,28). The van der Waals surface area contributed by atoms with Crippen molar-refractivity contribution in [1.82, 2.24) is 0 Å². The van der Waals surface area contributed by atoms with Crippen molar-refractivity contribution in [2.45, 2.75) is 4.90 Å². The Morgan fingerprint density at radius 1 is 0.909 bits per heavy atom. The molecular weight excluding hydrogens is 461 g/mol. The summed E-state index contributed by atoms with van der Waals surface area (Å²) in [4.78, 5) is 12.4. The second-order valence-corrected chi connectivity index (χ2v) is 8.80. The lowest BCUT2D eigenvalue weighted by Gasteiger charge is -2.25. The van der Waals surface area contributed by atoms with Gasteiger partial charge in [0.15, 0.2) is 11.5 Å². The van der Waals surface area contributed by atoms with E-state index < -0.39 is 45.6 Å². The number of carbonyl (C=O) groups excluding carboxylic acids is 1. The third-order valence-electron chi connectivity index (χ3n) is 4.73. The smallest absolute Gasteiger partial charge is 0.264 e. The van der Waals surface area contributed by atoms with Gasteiger partial charge in [0.1, 0.15) is 42.9 Å². The predicted octanol–water partition coefficient (Wildman–Crippen LogP) is 3.71. The van der Waals surface area contributed by atoms with Crippen LogP contribution in [0.3, 0.4) is 0 Å². The van der Waals surface area contributed by atoms with E-state index in [9.17, 15) is 26.4 Å². The summed E-state index contributed by atoms with van der Waals surface area (Å²) in [5.41, 5.74) is -0.742. The first-order chi connectivity index (χ1) is 15.8. The van der Waals surface area contributed by atoms with Crippen LogP contribution in [0.25, 0.3) is 0 Å². The van der Waals surface area contributed by atoms with Crippen LogP contribution in [-0.2, 0) is 14.8 Å². The van der Waals surface area contributed by atoms with E-state index in [4.69, 9.17) is 9.47 Å². The van der Waals surface area contributed by atoms with Gasteiger partial charge in [0, 0.05) is 6.07 Å². The zero-order valence-corrected chi connectivity index (χ0v) is 17.7. The Morgan fingerprint density at radius 2 is 1.55 bits per heavy atom. The van der Waals surface area contributed by atoms with Crippen molar-refractivity contribution in [3.8, 4) is 11.5 Å². The molecule has 1 aliphatic heterocycles. The summed E-state index contributed by atoms with van der Waals surface area (Å²) in [6.45, 7) is -0.293. The fraction of sp³-hybridized carbons (Fsp3) is 0.136. The first kappa shape index (κ1) is 22.5. The summed E-state index contributed by atoms with van der Waals surface area (Å²) in [5.74, 6) is -3.10. The molecule has 1 amide bonds. The molecule has 7 nitrogen and oxygen atoms in total. The molecule has 3 aromatic carbocycles. The molecule has 0 aromatic heterocycles. The molecule has 0 spiro atoms. The molecule has 0 unspecified atom stereocenters. The van der Waals surface area contributed by atoms with Crippen LogP contribution in [0.15, 0.2) is 65.6 Å². The Hall–Kier alpha value is -3.73. The van der Waals surface area contributed by atoms with Crippen molar-refractivity contribution in [2.75, 3.05) is 29.4 Å². The van der Waals surface area contributed by atoms with Crippen LogP contribution in [0.4, 0.5) is 24.5 Å². The van der Waals surface area contributed by atoms with Gasteiger partial charge < -0.3 is 14.8 Å². The van der Waals surface area contributed by atoms with Gasteiger partial charge in [-0.1, -0.05) is 6.07 Å². The number of fused-ring (bicyclic) bond motifs is 1. The van der Waals surface area contributed by atoms with E-state index in [0.29, 0.717) is 16.7 Å². The Labute approximate surface area is 187 Å². The van der Waals surface area contributed by atoms with E-state index in [2.05, 4.69) is 0 Å².